The zero-order valence-corrected chi connectivity index (χ0v) is 11.6. The maximum Gasteiger partial charge on any atom is 0.259 e. The van der Waals surface area contributed by atoms with E-state index < -0.39 is 0 Å². The van der Waals surface area contributed by atoms with Gasteiger partial charge in [-0.3, -0.25) is 4.79 Å². The minimum Gasteiger partial charge on any atom is -0.507 e. The number of amides is 1. The maximum absolute atomic E-state index is 12.3. The molecule has 0 aromatic heterocycles. The van der Waals surface area contributed by atoms with Crippen molar-refractivity contribution < 1.29 is 9.90 Å². The van der Waals surface area contributed by atoms with E-state index >= 15 is 0 Å². The van der Waals surface area contributed by atoms with Crippen LogP contribution in [0.2, 0.25) is 0 Å². The molecule has 2 N–H and O–H groups in total. The highest BCUT2D eigenvalue weighted by atomic mass is 16.3. The van der Waals surface area contributed by atoms with E-state index in [0.29, 0.717) is 5.69 Å². The molecule has 21 heavy (non-hydrogen) atoms. The first-order valence-corrected chi connectivity index (χ1v) is 6.73. The number of phenolic OH excluding ortho intramolecular Hbond substituents is 1. The van der Waals surface area contributed by atoms with E-state index in [1.54, 1.807) is 12.1 Å². The molecule has 0 fully saturated rings. The van der Waals surface area contributed by atoms with Gasteiger partial charge in [-0.25, -0.2) is 0 Å². The second-order valence-corrected chi connectivity index (χ2v) is 5.04. The number of hydrogen-bond donors (Lipinski definition) is 2. The average Bonchev–Trinajstić information content (AvgIpc) is 2.46. The summed E-state index contributed by atoms with van der Waals surface area (Å²) in [7, 11) is 0. The van der Waals surface area contributed by atoms with E-state index in [9.17, 15) is 9.90 Å². The Morgan fingerprint density at radius 3 is 2.38 bits per heavy atom. The quantitative estimate of drug-likeness (QED) is 0.740. The average molecular weight is 277 g/mol. The number of phenols is 1. The van der Waals surface area contributed by atoms with E-state index in [1.165, 1.54) is 0 Å². The Kier molecular flexibility index (Phi) is 3.32. The zero-order valence-electron chi connectivity index (χ0n) is 11.6. The topological polar surface area (TPSA) is 49.3 Å². The lowest BCUT2D eigenvalue weighted by Gasteiger charge is -2.09. The number of aromatic hydroxyl groups is 1. The molecule has 1 amide bonds. The third-order valence-corrected chi connectivity index (χ3v) is 3.38. The third kappa shape index (κ3) is 2.72. The fraction of sp³-hybridized carbons (Fsp3) is 0.0556. The molecule has 104 valence electrons. The smallest absolute Gasteiger partial charge is 0.259 e. The fourth-order valence-corrected chi connectivity index (χ4v) is 2.33. The summed E-state index contributed by atoms with van der Waals surface area (Å²) in [6.07, 6.45) is 0. The van der Waals surface area contributed by atoms with Crippen molar-refractivity contribution in [1.82, 2.24) is 0 Å². The molecule has 0 saturated carbocycles. The number of anilines is 1. The van der Waals surface area contributed by atoms with Crippen LogP contribution in [0.15, 0.2) is 60.7 Å². The predicted molar refractivity (Wildman–Crippen MR) is 84.7 cm³/mol. The van der Waals surface area contributed by atoms with Gasteiger partial charge in [0.25, 0.3) is 5.91 Å². The van der Waals surface area contributed by atoms with E-state index in [4.69, 9.17) is 0 Å². The lowest BCUT2D eigenvalue weighted by atomic mass is 10.1. The normalized spacial score (nSPS) is 10.5. The van der Waals surface area contributed by atoms with Gasteiger partial charge in [-0.05, 0) is 47.5 Å². The van der Waals surface area contributed by atoms with E-state index in [2.05, 4.69) is 5.32 Å². The van der Waals surface area contributed by atoms with Crippen molar-refractivity contribution in [2.24, 2.45) is 0 Å². The summed E-state index contributed by atoms with van der Waals surface area (Å²) in [5.74, 6) is -0.331. The number of fused-ring (bicyclic) bond motifs is 1. The lowest BCUT2D eigenvalue weighted by molar-refractivity contribution is 0.102. The molecule has 3 aromatic rings. The highest BCUT2D eigenvalue weighted by molar-refractivity contribution is 6.08. The summed E-state index contributed by atoms with van der Waals surface area (Å²) in [6.45, 7) is 1.96. The van der Waals surface area contributed by atoms with Gasteiger partial charge in [0.05, 0.1) is 5.56 Å². The first kappa shape index (κ1) is 13.2. The molecule has 0 saturated heterocycles. The highest BCUT2D eigenvalue weighted by Crippen LogP contribution is 2.25. The summed E-state index contributed by atoms with van der Waals surface area (Å²) in [5.41, 5.74) is 2.05. The van der Waals surface area contributed by atoms with Crippen LogP contribution in [-0.2, 0) is 0 Å². The Balaban J connectivity index is 1.96. The van der Waals surface area contributed by atoms with Gasteiger partial charge >= 0.3 is 0 Å². The third-order valence-electron chi connectivity index (χ3n) is 3.38. The van der Waals surface area contributed by atoms with Crippen molar-refractivity contribution in [2.75, 3.05) is 5.32 Å². The van der Waals surface area contributed by atoms with Crippen molar-refractivity contribution >= 4 is 22.4 Å². The van der Waals surface area contributed by atoms with E-state index in [-0.39, 0.29) is 17.2 Å². The first-order valence-electron chi connectivity index (χ1n) is 6.73. The molecule has 3 aromatic carbocycles. The number of hydrogen-bond acceptors (Lipinski definition) is 2. The van der Waals surface area contributed by atoms with Gasteiger partial charge in [-0.2, -0.15) is 0 Å². The largest absolute Gasteiger partial charge is 0.507 e. The molecule has 0 heterocycles. The van der Waals surface area contributed by atoms with Gasteiger partial charge < -0.3 is 10.4 Å². The van der Waals surface area contributed by atoms with E-state index in [0.717, 1.165) is 16.3 Å². The summed E-state index contributed by atoms with van der Waals surface area (Å²) >= 11 is 0. The van der Waals surface area contributed by atoms with Crippen LogP contribution < -0.4 is 5.32 Å². The number of carbonyl (C=O) groups excluding carboxylic acids is 1. The molecule has 0 aliphatic carbocycles. The Morgan fingerprint density at radius 2 is 1.67 bits per heavy atom. The molecule has 0 spiro atoms. The van der Waals surface area contributed by atoms with Gasteiger partial charge in [0.2, 0.25) is 0 Å². The Morgan fingerprint density at radius 1 is 0.952 bits per heavy atom. The summed E-state index contributed by atoms with van der Waals surface area (Å²) in [4.78, 5) is 12.3. The summed E-state index contributed by atoms with van der Waals surface area (Å²) in [6, 6.07) is 18.5. The van der Waals surface area contributed by atoms with Crippen molar-refractivity contribution in [3.05, 3.63) is 71.8 Å². The molecular formula is C18H15NO2. The number of rotatable bonds is 2. The van der Waals surface area contributed by atoms with Crippen LogP contribution in [0.25, 0.3) is 10.8 Å². The molecular weight excluding hydrogens is 262 g/mol. The van der Waals surface area contributed by atoms with Crippen molar-refractivity contribution in [1.29, 1.82) is 0 Å². The molecule has 3 rings (SSSR count). The molecule has 3 heteroatoms. The Labute approximate surface area is 122 Å². The van der Waals surface area contributed by atoms with Crippen LogP contribution in [0.3, 0.4) is 0 Å². The molecule has 0 atom stereocenters. The zero-order chi connectivity index (χ0) is 14.8. The van der Waals surface area contributed by atoms with Gasteiger partial charge in [-0.15, -0.1) is 0 Å². The van der Waals surface area contributed by atoms with Crippen LogP contribution in [0.4, 0.5) is 5.69 Å². The minimum atomic E-state index is -0.316. The Bertz CT molecular complexity index is 824. The van der Waals surface area contributed by atoms with Crippen LogP contribution >= 0.6 is 0 Å². The summed E-state index contributed by atoms with van der Waals surface area (Å²) < 4.78 is 0. The monoisotopic (exact) mass is 277 g/mol. The van der Waals surface area contributed by atoms with Gasteiger partial charge in [-0.1, -0.05) is 36.4 Å². The van der Waals surface area contributed by atoms with Crippen LogP contribution in [-0.4, -0.2) is 11.0 Å². The van der Waals surface area contributed by atoms with Crippen LogP contribution in [0.1, 0.15) is 15.9 Å². The number of nitrogens with one attached hydrogen (secondary N) is 1. The molecule has 0 bridgehead atoms. The minimum absolute atomic E-state index is 0.0150. The van der Waals surface area contributed by atoms with E-state index in [1.807, 2.05) is 55.5 Å². The number of benzene rings is 3. The molecule has 0 aliphatic heterocycles. The highest BCUT2D eigenvalue weighted by Gasteiger charge is 2.12. The second kappa shape index (κ2) is 5.29. The number of carbonyl (C=O) groups is 1. The second-order valence-electron chi connectivity index (χ2n) is 5.04. The van der Waals surface area contributed by atoms with Crippen LogP contribution in [0, 0.1) is 6.92 Å². The Hall–Kier alpha value is -2.81. The lowest BCUT2D eigenvalue weighted by Crippen LogP contribution is -2.12. The predicted octanol–water partition coefficient (Wildman–Crippen LogP) is 4.11. The number of aryl methyl sites for hydroxylation is 1. The molecule has 0 radical (unpaired) electrons. The van der Waals surface area contributed by atoms with Crippen molar-refractivity contribution in [2.45, 2.75) is 6.92 Å². The summed E-state index contributed by atoms with van der Waals surface area (Å²) in [5, 5.41) is 14.7. The van der Waals surface area contributed by atoms with Crippen molar-refractivity contribution in [3.63, 3.8) is 0 Å². The van der Waals surface area contributed by atoms with Gasteiger partial charge in [0.15, 0.2) is 0 Å². The van der Waals surface area contributed by atoms with Crippen LogP contribution in [0.5, 0.6) is 5.75 Å². The maximum atomic E-state index is 12.3. The molecule has 0 aliphatic rings. The standard InChI is InChI=1S/C18H15NO2/c1-12-5-4-8-15(9-12)19-18(21)16-10-13-6-2-3-7-14(13)11-17(16)20/h2-11,20H,1H3,(H,19,21). The van der Waals surface area contributed by atoms with Gasteiger partial charge in [0, 0.05) is 5.69 Å². The van der Waals surface area contributed by atoms with Crippen molar-refractivity contribution in [3.8, 4) is 5.75 Å². The molecule has 3 nitrogen and oxygen atoms in total. The fourth-order valence-electron chi connectivity index (χ4n) is 2.33. The van der Waals surface area contributed by atoms with Gasteiger partial charge in [0.1, 0.15) is 5.75 Å². The molecule has 0 unspecified atom stereocenters. The first-order chi connectivity index (χ1) is 10.1. The SMILES string of the molecule is Cc1cccc(NC(=O)c2cc3ccccc3cc2O)c1.